The summed E-state index contributed by atoms with van der Waals surface area (Å²) in [6, 6.07) is 10.4. The van der Waals surface area contributed by atoms with E-state index in [1.807, 2.05) is 6.07 Å². The summed E-state index contributed by atoms with van der Waals surface area (Å²) in [7, 11) is 4.94. The molecule has 0 saturated carbocycles. The molecule has 0 aliphatic carbocycles. The first kappa shape index (κ1) is 10.7. The van der Waals surface area contributed by atoms with E-state index < -0.39 is 7.14 Å². The van der Waals surface area contributed by atoms with Gasteiger partial charge in [0.05, 0.1) is 16.8 Å². The molecule has 0 aromatic heterocycles. The van der Waals surface area contributed by atoms with Crippen LogP contribution in [0.25, 0.3) is 0 Å². The molecule has 1 aromatic carbocycles. The Labute approximate surface area is 93.8 Å². The molecule has 0 fully saturated rings. The van der Waals surface area contributed by atoms with Crippen LogP contribution in [-0.2, 0) is 0 Å². The number of benzene rings is 1. The van der Waals surface area contributed by atoms with Crippen LogP contribution >= 0.6 is 7.14 Å². The van der Waals surface area contributed by atoms with Crippen LogP contribution in [0.1, 0.15) is 13.8 Å². The number of hydrogen-bond donors (Lipinski definition) is 0. The first-order chi connectivity index (χ1) is 7.05. The molecule has 1 unspecified atom stereocenters. The average molecular weight is 213 g/mol. The van der Waals surface area contributed by atoms with Crippen molar-refractivity contribution in [2.24, 2.45) is 0 Å². The first-order valence-electron chi connectivity index (χ1n) is 5.17. The molecule has 0 spiro atoms. The third-order valence-corrected chi connectivity index (χ3v) is 6.86. The Morgan fingerprint density at radius 2 is 1.87 bits per heavy atom. The van der Waals surface area contributed by atoms with Crippen LogP contribution in [0.2, 0.25) is 0 Å². The van der Waals surface area contributed by atoms with Gasteiger partial charge in [0, 0.05) is 7.14 Å². The van der Waals surface area contributed by atoms with Crippen molar-refractivity contribution in [2.45, 2.75) is 19.5 Å². The monoisotopic (exact) mass is 213 g/mol. The average Bonchev–Trinajstić information content (AvgIpc) is 2.45. The Morgan fingerprint density at radius 1 is 1.27 bits per heavy atom. The Bertz CT molecular complexity index is 421. The van der Waals surface area contributed by atoms with Crippen LogP contribution in [0.15, 0.2) is 53.9 Å². The zero-order chi connectivity index (χ0) is 11.1. The minimum absolute atomic E-state index is 0.389. The van der Waals surface area contributed by atoms with E-state index in [1.165, 1.54) is 16.5 Å². The van der Waals surface area contributed by atoms with Crippen molar-refractivity contribution in [3.05, 3.63) is 53.9 Å². The van der Waals surface area contributed by atoms with Gasteiger partial charge in [0.15, 0.2) is 0 Å². The summed E-state index contributed by atoms with van der Waals surface area (Å²) < 4.78 is 0. The fourth-order valence-electron chi connectivity index (χ4n) is 2.09. The van der Waals surface area contributed by atoms with E-state index in [2.05, 4.69) is 50.5 Å². The quantitative estimate of drug-likeness (QED) is 0.496. The van der Waals surface area contributed by atoms with Gasteiger partial charge in [-0.2, -0.15) is 0 Å². The summed E-state index contributed by atoms with van der Waals surface area (Å²) in [5.74, 6) is 2.25. The van der Waals surface area contributed by atoms with Crippen LogP contribution in [0, 0.1) is 0 Å². The molecule has 1 aromatic rings. The van der Waals surface area contributed by atoms with Gasteiger partial charge in [-0.25, -0.2) is 0 Å². The van der Waals surface area contributed by atoms with Gasteiger partial charge in [0.2, 0.25) is 0 Å². The van der Waals surface area contributed by atoms with Gasteiger partial charge in [-0.15, -0.1) is 0 Å². The molecule has 1 heterocycles. The summed E-state index contributed by atoms with van der Waals surface area (Å²) >= 11 is 0. The van der Waals surface area contributed by atoms with Gasteiger partial charge in [-0.3, -0.25) is 0 Å². The zero-order valence-corrected chi connectivity index (χ0v) is 10.2. The predicted octanol–water partition coefficient (Wildman–Crippen LogP) is 3.28. The SMILES string of the molecule is [B][P+]1(c2ccccc2)C=C(C)C(=C)[C@H]1C. The van der Waals surface area contributed by atoms with Crippen molar-refractivity contribution >= 4 is 20.0 Å². The highest BCUT2D eigenvalue weighted by atomic mass is 31.2. The fourth-order valence-corrected chi connectivity index (χ4v) is 5.12. The predicted molar refractivity (Wildman–Crippen MR) is 71.1 cm³/mol. The summed E-state index contributed by atoms with van der Waals surface area (Å²) in [6.07, 6.45) is 0. The number of allylic oxidation sites excluding steroid dienone is 2. The van der Waals surface area contributed by atoms with Crippen LogP contribution in [0.3, 0.4) is 0 Å². The maximum atomic E-state index is 6.58. The summed E-state index contributed by atoms with van der Waals surface area (Å²) in [5.41, 5.74) is 2.86. The highest BCUT2D eigenvalue weighted by Crippen LogP contribution is 2.66. The zero-order valence-electron chi connectivity index (χ0n) is 9.27. The number of hydrogen-bond acceptors (Lipinski definition) is 0. The minimum Gasteiger partial charge on any atom is -0.0916 e. The Kier molecular flexibility index (Phi) is 2.60. The molecule has 0 N–H and O–H groups in total. The lowest BCUT2D eigenvalue weighted by Gasteiger charge is -2.21. The Hall–Kier alpha value is -0.805. The second-order valence-corrected chi connectivity index (χ2v) is 7.40. The second-order valence-electron chi connectivity index (χ2n) is 4.18. The van der Waals surface area contributed by atoms with Crippen molar-refractivity contribution in [3.63, 3.8) is 0 Å². The van der Waals surface area contributed by atoms with Crippen molar-refractivity contribution in [1.82, 2.24) is 0 Å². The van der Waals surface area contributed by atoms with E-state index in [0.717, 1.165) is 0 Å². The van der Waals surface area contributed by atoms with E-state index in [-0.39, 0.29) is 0 Å². The maximum absolute atomic E-state index is 6.58. The maximum Gasteiger partial charge on any atom is 0.377 e. The second kappa shape index (κ2) is 3.65. The summed E-state index contributed by atoms with van der Waals surface area (Å²) in [6.45, 7) is 8.41. The fraction of sp³-hybridized carbons (Fsp3) is 0.231. The van der Waals surface area contributed by atoms with Crippen molar-refractivity contribution in [1.29, 1.82) is 0 Å². The topological polar surface area (TPSA) is 0 Å². The van der Waals surface area contributed by atoms with Crippen molar-refractivity contribution in [2.75, 3.05) is 0 Å². The van der Waals surface area contributed by atoms with Crippen molar-refractivity contribution in [3.8, 4) is 0 Å². The van der Waals surface area contributed by atoms with Gasteiger partial charge in [0.1, 0.15) is 0 Å². The highest BCUT2D eigenvalue weighted by Gasteiger charge is 2.45. The molecule has 1 aliphatic rings. The van der Waals surface area contributed by atoms with Crippen LogP contribution < -0.4 is 5.30 Å². The molecule has 2 atom stereocenters. The lowest BCUT2D eigenvalue weighted by molar-refractivity contribution is 1.15. The molecule has 1 aliphatic heterocycles. The molecule has 15 heavy (non-hydrogen) atoms. The summed E-state index contributed by atoms with van der Waals surface area (Å²) in [4.78, 5) is 0. The lowest BCUT2D eigenvalue weighted by atomic mass is 10.1. The van der Waals surface area contributed by atoms with Gasteiger partial charge in [-0.05, 0) is 37.1 Å². The molecule has 74 valence electrons. The smallest absolute Gasteiger partial charge is 0.0916 e. The standard InChI is InChI=1S/C13H15BP/c1-10-9-15(14,12(3)11(10)2)13-7-5-4-6-8-13/h4-9,12H,2H2,1,3H3/q+1/t12-,15?/m1/s1. The lowest BCUT2D eigenvalue weighted by Crippen LogP contribution is -2.17. The largest absolute Gasteiger partial charge is 0.377 e. The van der Waals surface area contributed by atoms with E-state index in [0.29, 0.717) is 5.66 Å². The highest BCUT2D eigenvalue weighted by molar-refractivity contribution is 8.06. The molecule has 2 rings (SSSR count). The van der Waals surface area contributed by atoms with E-state index in [4.69, 9.17) is 7.57 Å². The van der Waals surface area contributed by atoms with Gasteiger partial charge >= 0.3 is 7.57 Å². The molecule has 0 bridgehead atoms. The number of rotatable bonds is 1. The Morgan fingerprint density at radius 3 is 2.33 bits per heavy atom. The van der Waals surface area contributed by atoms with Gasteiger partial charge in [-0.1, -0.05) is 24.8 Å². The minimum atomic E-state index is -1.64. The third kappa shape index (κ3) is 1.60. The van der Waals surface area contributed by atoms with E-state index in [1.54, 1.807) is 0 Å². The first-order valence-corrected chi connectivity index (χ1v) is 7.16. The summed E-state index contributed by atoms with van der Waals surface area (Å²) in [5, 5.41) is 1.27. The molecule has 2 radical (unpaired) electrons. The van der Waals surface area contributed by atoms with E-state index in [9.17, 15) is 0 Å². The van der Waals surface area contributed by atoms with Crippen LogP contribution in [0.5, 0.6) is 0 Å². The molecular weight excluding hydrogens is 198 g/mol. The Balaban J connectivity index is 2.49. The molecule has 0 amide bonds. The molecule has 2 heteroatoms. The third-order valence-electron chi connectivity index (χ3n) is 3.26. The molecule has 0 nitrogen and oxygen atoms in total. The van der Waals surface area contributed by atoms with Gasteiger partial charge in [0.25, 0.3) is 0 Å². The van der Waals surface area contributed by atoms with Crippen LogP contribution in [-0.4, -0.2) is 13.2 Å². The molecular formula is C13H15BP+. The van der Waals surface area contributed by atoms with Gasteiger partial charge < -0.3 is 0 Å². The normalized spacial score (nSPS) is 30.4. The molecule has 0 saturated heterocycles. The van der Waals surface area contributed by atoms with Crippen LogP contribution in [0.4, 0.5) is 0 Å². The van der Waals surface area contributed by atoms with E-state index >= 15 is 0 Å². The van der Waals surface area contributed by atoms with Crippen molar-refractivity contribution < 1.29 is 0 Å².